The predicted molar refractivity (Wildman–Crippen MR) is 117 cm³/mol. The lowest BCUT2D eigenvalue weighted by molar-refractivity contribution is -0.131. The van der Waals surface area contributed by atoms with Gasteiger partial charge in [0.1, 0.15) is 11.6 Å². The highest BCUT2D eigenvalue weighted by Gasteiger charge is 2.65. The molecule has 0 spiro atoms. The molecule has 0 aromatic heterocycles. The molecule has 0 amide bonds. The van der Waals surface area contributed by atoms with E-state index >= 15 is 0 Å². The second-order valence-corrected chi connectivity index (χ2v) is 11.8. The number of rotatable bonds is 2. The third-order valence-corrected chi connectivity index (χ3v) is 10.5. The van der Waals surface area contributed by atoms with E-state index < -0.39 is 0 Å². The van der Waals surface area contributed by atoms with Crippen molar-refractivity contribution in [2.45, 2.75) is 80.1 Å². The van der Waals surface area contributed by atoms with Gasteiger partial charge in [0.25, 0.3) is 0 Å². The molecule has 4 aliphatic carbocycles. The first-order valence-electron chi connectivity index (χ1n) is 11.6. The molecule has 158 valence electrons. The zero-order valence-corrected chi connectivity index (χ0v) is 19.2. The van der Waals surface area contributed by atoms with Crippen molar-refractivity contribution in [2.24, 2.45) is 39.4 Å². The van der Waals surface area contributed by atoms with Gasteiger partial charge in [0.2, 0.25) is 0 Å². The van der Waals surface area contributed by atoms with Gasteiger partial charge in [-0.2, -0.15) is 0 Å². The van der Waals surface area contributed by atoms with Gasteiger partial charge in [-0.05, 0) is 60.3 Å². The van der Waals surface area contributed by atoms with Crippen LogP contribution in [-0.4, -0.2) is 11.6 Å². The molecule has 4 bridgehead atoms. The fraction of sp³-hybridized carbons (Fsp3) is 0.704. The van der Waals surface area contributed by atoms with E-state index in [9.17, 15) is 9.59 Å². The van der Waals surface area contributed by atoms with Gasteiger partial charge in [0.05, 0.1) is 0 Å². The lowest BCUT2D eigenvalue weighted by Gasteiger charge is -2.32. The number of benzene rings is 1. The first-order valence-corrected chi connectivity index (χ1v) is 11.6. The molecular weight excluding hydrogens is 356 g/mol. The molecule has 5 unspecified atom stereocenters. The summed E-state index contributed by atoms with van der Waals surface area (Å²) in [6, 6.07) is 10.5. The maximum atomic E-state index is 12.7. The quantitative estimate of drug-likeness (QED) is 0.592. The summed E-state index contributed by atoms with van der Waals surface area (Å²) < 4.78 is 0. The Bertz CT molecular complexity index is 820. The maximum Gasteiger partial charge on any atom is 0.142 e. The van der Waals surface area contributed by atoms with Gasteiger partial charge in [-0.25, -0.2) is 0 Å². The monoisotopic (exact) mass is 394 g/mol. The van der Waals surface area contributed by atoms with Crippen LogP contribution >= 0.6 is 0 Å². The highest BCUT2D eigenvalue weighted by atomic mass is 16.1. The molecule has 0 heterocycles. The van der Waals surface area contributed by atoms with Crippen LogP contribution < -0.4 is 0 Å². The summed E-state index contributed by atoms with van der Waals surface area (Å²) in [6.07, 6.45) is 6.51. The van der Waals surface area contributed by atoms with Gasteiger partial charge in [-0.1, -0.05) is 71.9 Å². The Hall–Kier alpha value is -1.44. The van der Waals surface area contributed by atoms with E-state index in [1.165, 1.54) is 18.4 Å². The molecule has 2 nitrogen and oxygen atoms in total. The van der Waals surface area contributed by atoms with Crippen molar-refractivity contribution in [2.75, 3.05) is 0 Å². The van der Waals surface area contributed by atoms with Crippen LogP contribution in [-0.2, 0) is 16.0 Å². The molecular formula is C27H38O2. The van der Waals surface area contributed by atoms with E-state index in [1.54, 1.807) is 0 Å². The van der Waals surface area contributed by atoms with E-state index in [2.05, 4.69) is 65.8 Å². The average Bonchev–Trinajstić information content (AvgIpc) is 3.16. The summed E-state index contributed by atoms with van der Waals surface area (Å²) in [6.45, 7) is 13.5. The number of ketones is 2. The minimum absolute atomic E-state index is 0.0255. The Morgan fingerprint density at radius 3 is 1.86 bits per heavy atom. The van der Waals surface area contributed by atoms with Gasteiger partial charge >= 0.3 is 0 Å². The second kappa shape index (κ2) is 6.53. The van der Waals surface area contributed by atoms with Crippen LogP contribution in [0.5, 0.6) is 0 Å². The fourth-order valence-electron chi connectivity index (χ4n) is 7.28. The van der Waals surface area contributed by atoms with Gasteiger partial charge in [0.15, 0.2) is 0 Å². The molecule has 1 aromatic rings. The Morgan fingerprint density at radius 1 is 0.828 bits per heavy atom. The number of carbonyl (C=O) groups is 2. The Balaban J connectivity index is 0.000000159. The Morgan fingerprint density at radius 2 is 1.45 bits per heavy atom. The summed E-state index contributed by atoms with van der Waals surface area (Å²) in [5.41, 5.74) is 1.73. The molecule has 0 aliphatic heterocycles. The summed E-state index contributed by atoms with van der Waals surface area (Å²) in [4.78, 5) is 24.3. The van der Waals surface area contributed by atoms with Crippen LogP contribution in [0.3, 0.4) is 0 Å². The molecule has 5 atom stereocenters. The van der Waals surface area contributed by atoms with Gasteiger partial charge in [-0.15, -0.1) is 0 Å². The van der Waals surface area contributed by atoms with Gasteiger partial charge < -0.3 is 0 Å². The van der Waals surface area contributed by atoms with Crippen molar-refractivity contribution in [3.8, 4) is 0 Å². The predicted octanol–water partition coefficient (Wildman–Crippen LogP) is 6.27. The number of hydrogen-bond donors (Lipinski definition) is 0. The lowest BCUT2D eigenvalue weighted by Crippen LogP contribution is -2.33. The van der Waals surface area contributed by atoms with Crippen LogP contribution in [0.25, 0.3) is 0 Å². The number of hydrogen-bond acceptors (Lipinski definition) is 2. The van der Waals surface area contributed by atoms with E-state index in [-0.39, 0.29) is 27.6 Å². The normalized spacial score (nSPS) is 40.8. The molecule has 0 N–H and O–H groups in total. The molecule has 29 heavy (non-hydrogen) atoms. The van der Waals surface area contributed by atoms with Crippen LogP contribution in [0, 0.1) is 39.4 Å². The maximum absolute atomic E-state index is 12.7. The van der Waals surface area contributed by atoms with Crippen molar-refractivity contribution in [3.63, 3.8) is 0 Å². The van der Waals surface area contributed by atoms with Crippen LogP contribution in [0.2, 0.25) is 0 Å². The summed E-state index contributed by atoms with van der Waals surface area (Å²) in [5.74, 6) is 2.54. The van der Waals surface area contributed by atoms with Crippen molar-refractivity contribution in [3.05, 3.63) is 35.9 Å². The van der Waals surface area contributed by atoms with Crippen LogP contribution in [0.4, 0.5) is 0 Å². The smallest absolute Gasteiger partial charge is 0.142 e. The molecule has 4 saturated carbocycles. The minimum atomic E-state index is -0.0723. The van der Waals surface area contributed by atoms with Gasteiger partial charge in [-0.3, -0.25) is 9.59 Å². The van der Waals surface area contributed by atoms with E-state index in [0.717, 1.165) is 25.7 Å². The van der Waals surface area contributed by atoms with Gasteiger partial charge in [0, 0.05) is 23.2 Å². The van der Waals surface area contributed by atoms with E-state index in [0.29, 0.717) is 23.4 Å². The average molecular weight is 395 g/mol. The molecule has 0 radical (unpaired) electrons. The van der Waals surface area contributed by atoms with Crippen molar-refractivity contribution < 1.29 is 9.59 Å². The zero-order valence-electron chi connectivity index (χ0n) is 19.2. The Kier molecular flexibility index (Phi) is 4.69. The number of fused-ring (bicyclic) bond motifs is 4. The van der Waals surface area contributed by atoms with Crippen molar-refractivity contribution in [1.29, 1.82) is 0 Å². The molecule has 1 aromatic carbocycles. The zero-order chi connectivity index (χ0) is 21.2. The molecule has 4 fully saturated rings. The molecule has 0 saturated heterocycles. The highest BCUT2D eigenvalue weighted by Crippen LogP contribution is 2.66. The number of carbonyl (C=O) groups excluding carboxylic acids is 2. The van der Waals surface area contributed by atoms with E-state index in [4.69, 9.17) is 0 Å². The SMILES string of the molecule is CC12CCC(C(Cc3ccccc3)C1=O)C2(C)C.CC12CCC(CC1=O)C2(C)C. The summed E-state index contributed by atoms with van der Waals surface area (Å²) in [7, 11) is 0. The number of Topliss-reactive ketones (excluding diaryl/α,β-unsaturated/α-hetero) is 2. The molecule has 4 aliphatic rings. The largest absolute Gasteiger partial charge is 0.299 e. The lowest BCUT2D eigenvalue weighted by atomic mass is 9.70. The van der Waals surface area contributed by atoms with Crippen molar-refractivity contribution >= 4 is 11.6 Å². The second-order valence-electron chi connectivity index (χ2n) is 11.8. The highest BCUT2D eigenvalue weighted by molar-refractivity contribution is 5.92. The minimum Gasteiger partial charge on any atom is -0.299 e. The topological polar surface area (TPSA) is 34.1 Å². The third kappa shape index (κ3) is 2.73. The van der Waals surface area contributed by atoms with E-state index in [1.807, 2.05) is 6.07 Å². The summed E-state index contributed by atoms with van der Waals surface area (Å²) >= 11 is 0. The molecule has 2 heteroatoms. The summed E-state index contributed by atoms with van der Waals surface area (Å²) in [5, 5.41) is 0. The first-order chi connectivity index (χ1) is 13.4. The van der Waals surface area contributed by atoms with Crippen molar-refractivity contribution in [1.82, 2.24) is 0 Å². The fourth-order valence-corrected chi connectivity index (χ4v) is 7.28. The first kappa shape index (κ1) is 20.8. The Labute approximate surface area is 176 Å². The third-order valence-electron chi connectivity index (χ3n) is 10.5. The van der Waals surface area contributed by atoms with Crippen LogP contribution in [0.15, 0.2) is 30.3 Å². The standard InChI is InChI=1S/C17H22O.C10H16O/c1-16(2)14-9-10-17(16,3)15(18)13(14)11-12-7-5-4-6-8-12;1-9(2)7-4-5-10(9,3)8(11)6-7/h4-8,13-14H,9-11H2,1-3H3;7H,4-6H2,1-3H3. The molecule has 5 rings (SSSR count). The van der Waals surface area contributed by atoms with Crippen LogP contribution in [0.1, 0.15) is 79.2 Å².